The first-order chi connectivity index (χ1) is 10.0. The Morgan fingerprint density at radius 2 is 1.86 bits per heavy atom. The molecule has 3 nitrogen and oxygen atoms in total. The van der Waals surface area contributed by atoms with Crippen LogP contribution in [0.25, 0.3) is 0 Å². The normalized spacial score (nSPS) is 11.8. The molecular formula is C16H15F2NO2. The molecule has 2 aromatic carbocycles. The van der Waals surface area contributed by atoms with E-state index in [0.29, 0.717) is 5.75 Å². The molecule has 0 unspecified atom stereocenters. The van der Waals surface area contributed by atoms with E-state index in [1.807, 2.05) is 0 Å². The predicted octanol–water partition coefficient (Wildman–Crippen LogP) is 3.22. The average Bonchev–Trinajstić information content (AvgIpc) is 2.46. The van der Waals surface area contributed by atoms with Gasteiger partial charge in [-0.2, -0.15) is 0 Å². The standard InChI is InChI=1S/C16H15F2NO2/c1-11(12-5-7-13(17)8-6-12)19-16(20)10-21-15-4-2-3-14(18)9-15/h2-9,11H,10H2,1H3,(H,19,20)/t11-/m1/s1. The smallest absolute Gasteiger partial charge is 0.258 e. The molecule has 0 fully saturated rings. The minimum Gasteiger partial charge on any atom is -0.484 e. The van der Waals surface area contributed by atoms with Crippen molar-refractivity contribution >= 4 is 5.91 Å². The van der Waals surface area contributed by atoms with Crippen molar-refractivity contribution in [2.45, 2.75) is 13.0 Å². The Bertz CT molecular complexity index is 614. The number of hydrogen-bond acceptors (Lipinski definition) is 2. The van der Waals surface area contributed by atoms with Gasteiger partial charge in [0.1, 0.15) is 17.4 Å². The zero-order valence-corrected chi connectivity index (χ0v) is 11.5. The summed E-state index contributed by atoms with van der Waals surface area (Å²) in [6.45, 7) is 1.57. The van der Waals surface area contributed by atoms with Crippen molar-refractivity contribution in [2.75, 3.05) is 6.61 Å². The molecule has 21 heavy (non-hydrogen) atoms. The summed E-state index contributed by atoms with van der Waals surface area (Å²) in [5, 5.41) is 2.72. The lowest BCUT2D eigenvalue weighted by atomic mass is 10.1. The number of carbonyl (C=O) groups excluding carboxylic acids is 1. The number of benzene rings is 2. The molecule has 0 aromatic heterocycles. The van der Waals surface area contributed by atoms with Gasteiger partial charge in [0.05, 0.1) is 6.04 Å². The van der Waals surface area contributed by atoms with Crippen LogP contribution in [0.15, 0.2) is 48.5 Å². The van der Waals surface area contributed by atoms with Gasteiger partial charge in [-0.1, -0.05) is 18.2 Å². The summed E-state index contributed by atoms with van der Waals surface area (Å²) in [5.41, 5.74) is 0.788. The summed E-state index contributed by atoms with van der Waals surface area (Å²) in [6, 6.07) is 11.2. The van der Waals surface area contributed by atoms with Crippen LogP contribution in [0, 0.1) is 11.6 Å². The van der Waals surface area contributed by atoms with E-state index in [1.165, 1.54) is 30.3 Å². The lowest BCUT2D eigenvalue weighted by Gasteiger charge is -2.14. The van der Waals surface area contributed by atoms with Crippen LogP contribution in [0.3, 0.4) is 0 Å². The largest absolute Gasteiger partial charge is 0.484 e. The highest BCUT2D eigenvalue weighted by molar-refractivity contribution is 5.78. The molecule has 0 aliphatic heterocycles. The van der Waals surface area contributed by atoms with Crippen molar-refractivity contribution in [2.24, 2.45) is 0 Å². The molecule has 110 valence electrons. The van der Waals surface area contributed by atoms with Crippen molar-refractivity contribution in [3.05, 3.63) is 65.7 Å². The number of hydrogen-bond donors (Lipinski definition) is 1. The van der Waals surface area contributed by atoms with Crippen LogP contribution < -0.4 is 10.1 Å². The Morgan fingerprint density at radius 3 is 2.52 bits per heavy atom. The number of amides is 1. The second-order valence-electron chi connectivity index (χ2n) is 4.59. The summed E-state index contributed by atoms with van der Waals surface area (Å²) in [5.74, 6) is -0.796. The maximum atomic E-state index is 12.9. The Labute approximate surface area is 121 Å². The van der Waals surface area contributed by atoms with Crippen LogP contribution in [-0.4, -0.2) is 12.5 Å². The van der Waals surface area contributed by atoms with Crippen LogP contribution in [0.2, 0.25) is 0 Å². The van der Waals surface area contributed by atoms with E-state index in [-0.39, 0.29) is 24.4 Å². The highest BCUT2D eigenvalue weighted by Gasteiger charge is 2.10. The summed E-state index contributed by atoms with van der Waals surface area (Å²) in [6.07, 6.45) is 0. The number of nitrogens with one attached hydrogen (secondary N) is 1. The second-order valence-corrected chi connectivity index (χ2v) is 4.59. The molecule has 0 saturated heterocycles. The van der Waals surface area contributed by atoms with Gasteiger partial charge in [0.25, 0.3) is 5.91 Å². The molecule has 0 radical (unpaired) electrons. The van der Waals surface area contributed by atoms with Crippen molar-refractivity contribution < 1.29 is 18.3 Å². The first kappa shape index (κ1) is 15.0. The van der Waals surface area contributed by atoms with E-state index in [0.717, 1.165) is 5.56 Å². The van der Waals surface area contributed by atoms with Crippen LogP contribution in [0.5, 0.6) is 5.75 Å². The van der Waals surface area contributed by atoms with Crippen LogP contribution in [0.1, 0.15) is 18.5 Å². The first-order valence-corrected chi connectivity index (χ1v) is 6.48. The van der Waals surface area contributed by atoms with Crippen molar-refractivity contribution in [3.63, 3.8) is 0 Å². The molecular weight excluding hydrogens is 276 g/mol. The molecule has 0 aliphatic carbocycles. The van der Waals surface area contributed by atoms with Gasteiger partial charge in [-0.15, -0.1) is 0 Å². The topological polar surface area (TPSA) is 38.3 Å². The maximum Gasteiger partial charge on any atom is 0.258 e. The van der Waals surface area contributed by atoms with Gasteiger partial charge < -0.3 is 10.1 Å². The van der Waals surface area contributed by atoms with E-state index in [4.69, 9.17) is 4.74 Å². The molecule has 0 saturated carbocycles. The Hall–Kier alpha value is -2.43. The number of rotatable bonds is 5. The molecule has 2 rings (SSSR count). The number of ether oxygens (including phenoxy) is 1. The SMILES string of the molecule is C[C@@H](NC(=O)COc1cccc(F)c1)c1ccc(F)cc1. The highest BCUT2D eigenvalue weighted by atomic mass is 19.1. The van der Waals surface area contributed by atoms with Gasteiger partial charge in [-0.3, -0.25) is 4.79 Å². The lowest BCUT2D eigenvalue weighted by molar-refractivity contribution is -0.123. The van der Waals surface area contributed by atoms with Crippen LogP contribution in [0.4, 0.5) is 8.78 Å². The van der Waals surface area contributed by atoms with Crippen molar-refractivity contribution in [3.8, 4) is 5.75 Å². The fourth-order valence-corrected chi connectivity index (χ4v) is 1.82. The third kappa shape index (κ3) is 4.56. The third-order valence-corrected chi connectivity index (χ3v) is 2.91. The van der Waals surface area contributed by atoms with E-state index >= 15 is 0 Å². The monoisotopic (exact) mass is 291 g/mol. The summed E-state index contributed by atoms with van der Waals surface area (Å²) >= 11 is 0. The van der Waals surface area contributed by atoms with Crippen molar-refractivity contribution in [1.82, 2.24) is 5.32 Å². The predicted molar refractivity (Wildman–Crippen MR) is 74.9 cm³/mol. The van der Waals surface area contributed by atoms with Gasteiger partial charge in [0.15, 0.2) is 6.61 Å². The lowest BCUT2D eigenvalue weighted by Crippen LogP contribution is -2.31. The molecule has 2 aromatic rings. The molecule has 0 aliphatic rings. The second kappa shape index (κ2) is 6.83. The molecule has 1 atom stereocenters. The van der Waals surface area contributed by atoms with Gasteiger partial charge in [0.2, 0.25) is 0 Å². The molecule has 1 amide bonds. The summed E-state index contributed by atoms with van der Waals surface area (Å²) in [4.78, 5) is 11.7. The Kier molecular flexibility index (Phi) is 4.87. The fourth-order valence-electron chi connectivity index (χ4n) is 1.82. The van der Waals surface area contributed by atoms with Gasteiger partial charge >= 0.3 is 0 Å². The summed E-state index contributed by atoms with van der Waals surface area (Å²) in [7, 11) is 0. The number of carbonyl (C=O) groups is 1. The third-order valence-electron chi connectivity index (χ3n) is 2.91. The maximum absolute atomic E-state index is 12.9. The molecule has 1 N–H and O–H groups in total. The minimum atomic E-state index is -0.424. The van der Waals surface area contributed by atoms with Crippen molar-refractivity contribution in [1.29, 1.82) is 0 Å². The first-order valence-electron chi connectivity index (χ1n) is 6.48. The minimum absolute atomic E-state index is 0.213. The van der Waals surface area contributed by atoms with E-state index < -0.39 is 5.82 Å². The molecule has 0 bridgehead atoms. The summed E-state index contributed by atoms with van der Waals surface area (Å²) < 4.78 is 31.0. The number of halogens is 2. The average molecular weight is 291 g/mol. The Morgan fingerprint density at radius 1 is 1.14 bits per heavy atom. The quantitative estimate of drug-likeness (QED) is 0.918. The molecule has 5 heteroatoms. The van der Waals surface area contributed by atoms with E-state index in [9.17, 15) is 13.6 Å². The van der Waals surface area contributed by atoms with Crippen LogP contribution in [-0.2, 0) is 4.79 Å². The fraction of sp³-hybridized carbons (Fsp3) is 0.188. The van der Waals surface area contributed by atoms with E-state index in [2.05, 4.69) is 5.32 Å². The zero-order valence-electron chi connectivity index (χ0n) is 11.5. The van der Waals surface area contributed by atoms with E-state index in [1.54, 1.807) is 25.1 Å². The van der Waals surface area contributed by atoms with Gasteiger partial charge in [-0.25, -0.2) is 8.78 Å². The van der Waals surface area contributed by atoms with Gasteiger partial charge in [0, 0.05) is 6.07 Å². The highest BCUT2D eigenvalue weighted by Crippen LogP contribution is 2.14. The van der Waals surface area contributed by atoms with Gasteiger partial charge in [-0.05, 0) is 36.8 Å². The zero-order chi connectivity index (χ0) is 15.2. The van der Waals surface area contributed by atoms with Crippen LogP contribution >= 0.6 is 0 Å². The molecule has 0 heterocycles. The Balaban J connectivity index is 1.85. The molecule has 0 spiro atoms.